The Morgan fingerprint density at radius 1 is 1.25 bits per heavy atom. The first-order valence-corrected chi connectivity index (χ1v) is 9.10. The Balaban J connectivity index is 1.79. The molecule has 1 unspecified atom stereocenters. The molecule has 0 amide bonds. The Labute approximate surface area is 128 Å². The largest absolute Gasteiger partial charge is 0.346 e. The highest BCUT2D eigenvalue weighted by Gasteiger charge is 2.20. The third kappa shape index (κ3) is 3.15. The minimum absolute atomic E-state index is 0.724. The van der Waals surface area contributed by atoms with Crippen molar-refractivity contribution >= 4 is 28.4 Å². The number of hydrogen-bond donors (Lipinski definition) is 0. The molecular weight excluding hydrogens is 286 g/mol. The standard InChI is InChI=1S/C15H19N3S2/c1-19-13-9-5-6-10-18(11-13)15-16-14(17-20-15)12-7-3-2-4-8-12/h2-4,7-8,13H,5-6,9-11H2,1H3. The van der Waals surface area contributed by atoms with E-state index in [4.69, 9.17) is 4.98 Å². The molecule has 1 aromatic carbocycles. The molecule has 1 atom stereocenters. The van der Waals surface area contributed by atoms with Gasteiger partial charge in [0.05, 0.1) is 0 Å². The van der Waals surface area contributed by atoms with Crippen molar-refractivity contribution in [3.8, 4) is 11.4 Å². The SMILES string of the molecule is CSC1CCCCN(c2nc(-c3ccccc3)ns2)C1. The van der Waals surface area contributed by atoms with Crippen LogP contribution < -0.4 is 4.90 Å². The summed E-state index contributed by atoms with van der Waals surface area (Å²) >= 11 is 3.50. The predicted octanol–water partition coefficient (Wildman–Crippen LogP) is 3.93. The van der Waals surface area contributed by atoms with E-state index in [9.17, 15) is 0 Å². The summed E-state index contributed by atoms with van der Waals surface area (Å²) in [6, 6.07) is 10.2. The fourth-order valence-corrected chi connectivity index (χ4v) is 3.97. The van der Waals surface area contributed by atoms with E-state index in [-0.39, 0.29) is 0 Å². The van der Waals surface area contributed by atoms with Crippen LogP contribution in [0.25, 0.3) is 11.4 Å². The predicted molar refractivity (Wildman–Crippen MR) is 88.7 cm³/mol. The molecule has 5 heteroatoms. The van der Waals surface area contributed by atoms with E-state index >= 15 is 0 Å². The van der Waals surface area contributed by atoms with Crippen molar-refractivity contribution in [3.05, 3.63) is 30.3 Å². The van der Waals surface area contributed by atoms with Crippen molar-refractivity contribution < 1.29 is 0 Å². The third-order valence-corrected chi connectivity index (χ3v) is 5.51. The molecule has 106 valence electrons. The highest BCUT2D eigenvalue weighted by Crippen LogP contribution is 2.28. The third-order valence-electron chi connectivity index (χ3n) is 3.68. The molecule has 3 rings (SSSR count). The van der Waals surface area contributed by atoms with Crippen molar-refractivity contribution in [1.82, 2.24) is 9.36 Å². The van der Waals surface area contributed by atoms with Crippen molar-refractivity contribution in [2.24, 2.45) is 0 Å². The molecular formula is C15H19N3S2. The molecule has 0 bridgehead atoms. The van der Waals surface area contributed by atoms with Crippen LogP contribution in [0.1, 0.15) is 19.3 Å². The molecule has 1 aliphatic heterocycles. The minimum Gasteiger partial charge on any atom is -0.346 e. The van der Waals surface area contributed by atoms with Gasteiger partial charge in [0, 0.05) is 35.4 Å². The fourth-order valence-electron chi connectivity index (χ4n) is 2.52. The highest BCUT2D eigenvalue weighted by atomic mass is 32.2. The summed E-state index contributed by atoms with van der Waals surface area (Å²) in [5.74, 6) is 0.857. The van der Waals surface area contributed by atoms with Crippen molar-refractivity contribution in [1.29, 1.82) is 0 Å². The molecule has 0 N–H and O–H groups in total. The lowest BCUT2D eigenvalue weighted by Crippen LogP contribution is -2.29. The summed E-state index contributed by atoms with van der Waals surface area (Å²) < 4.78 is 4.53. The Kier molecular flexibility index (Phi) is 4.58. The number of nitrogens with zero attached hydrogens (tertiary/aromatic N) is 3. The smallest absolute Gasteiger partial charge is 0.205 e. The molecule has 2 aromatic rings. The Morgan fingerprint density at radius 2 is 2.10 bits per heavy atom. The molecule has 1 fully saturated rings. The van der Waals surface area contributed by atoms with Gasteiger partial charge in [0.1, 0.15) is 0 Å². The van der Waals surface area contributed by atoms with Gasteiger partial charge in [-0.25, -0.2) is 0 Å². The molecule has 3 nitrogen and oxygen atoms in total. The second-order valence-electron chi connectivity index (χ2n) is 5.07. The van der Waals surface area contributed by atoms with Crippen LogP contribution in [0.2, 0.25) is 0 Å². The summed E-state index contributed by atoms with van der Waals surface area (Å²) in [5.41, 5.74) is 1.10. The first kappa shape index (κ1) is 13.9. The van der Waals surface area contributed by atoms with E-state index in [0.717, 1.165) is 34.9 Å². The molecule has 0 saturated carbocycles. The first-order chi connectivity index (χ1) is 9.86. The summed E-state index contributed by atoms with van der Waals surface area (Å²) in [6.45, 7) is 2.21. The van der Waals surface area contributed by atoms with Gasteiger partial charge in [-0.15, -0.1) is 0 Å². The Bertz CT molecular complexity index is 541. The number of aromatic nitrogens is 2. The van der Waals surface area contributed by atoms with E-state index in [0.29, 0.717) is 0 Å². The van der Waals surface area contributed by atoms with Crippen LogP contribution >= 0.6 is 23.3 Å². The average Bonchev–Trinajstić information content (AvgIpc) is 2.87. The molecule has 0 aliphatic carbocycles. The van der Waals surface area contributed by atoms with Crippen LogP contribution in [0.15, 0.2) is 30.3 Å². The zero-order valence-electron chi connectivity index (χ0n) is 11.7. The summed E-state index contributed by atoms with van der Waals surface area (Å²) in [5, 5.41) is 1.80. The van der Waals surface area contributed by atoms with Crippen LogP contribution in [0.3, 0.4) is 0 Å². The maximum atomic E-state index is 4.74. The molecule has 2 heterocycles. The van der Waals surface area contributed by atoms with E-state index in [1.54, 1.807) is 0 Å². The van der Waals surface area contributed by atoms with Gasteiger partial charge >= 0.3 is 0 Å². The van der Waals surface area contributed by atoms with E-state index in [1.165, 1.54) is 30.8 Å². The lowest BCUT2D eigenvalue weighted by molar-refractivity contribution is 0.736. The zero-order valence-corrected chi connectivity index (χ0v) is 13.3. The summed E-state index contributed by atoms with van der Waals surface area (Å²) in [6.07, 6.45) is 6.12. The molecule has 1 saturated heterocycles. The van der Waals surface area contributed by atoms with Gasteiger partial charge in [-0.1, -0.05) is 36.8 Å². The van der Waals surface area contributed by atoms with Gasteiger partial charge < -0.3 is 4.90 Å². The average molecular weight is 305 g/mol. The lowest BCUT2D eigenvalue weighted by atomic mass is 10.2. The van der Waals surface area contributed by atoms with Crippen molar-refractivity contribution in [2.75, 3.05) is 24.2 Å². The fraction of sp³-hybridized carbons (Fsp3) is 0.467. The minimum atomic E-state index is 0.724. The van der Waals surface area contributed by atoms with Gasteiger partial charge in [-0.3, -0.25) is 0 Å². The van der Waals surface area contributed by atoms with Gasteiger partial charge in [-0.05, 0) is 19.1 Å². The topological polar surface area (TPSA) is 29.0 Å². The maximum Gasteiger partial charge on any atom is 0.205 e. The van der Waals surface area contributed by atoms with Crippen molar-refractivity contribution in [3.63, 3.8) is 0 Å². The number of rotatable bonds is 3. The van der Waals surface area contributed by atoms with E-state index in [2.05, 4.69) is 27.7 Å². The van der Waals surface area contributed by atoms with Crippen LogP contribution in [-0.4, -0.2) is 34.0 Å². The molecule has 0 spiro atoms. The van der Waals surface area contributed by atoms with Crippen LogP contribution in [0.5, 0.6) is 0 Å². The second-order valence-corrected chi connectivity index (χ2v) is 6.93. The Morgan fingerprint density at radius 3 is 2.90 bits per heavy atom. The second kappa shape index (κ2) is 6.59. The molecule has 1 aliphatic rings. The Hall–Kier alpha value is -1.07. The van der Waals surface area contributed by atoms with Gasteiger partial charge in [0.2, 0.25) is 5.13 Å². The highest BCUT2D eigenvalue weighted by molar-refractivity contribution is 7.99. The first-order valence-electron chi connectivity index (χ1n) is 7.03. The number of thioether (sulfide) groups is 1. The van der Waals surface area contributed by atoms with Crippen LogP contribution in [0.4, 0.5) is 5.13 Å². The summed E-state index contributed by atoms with van der Waals surface area (Å²) in [7, 11) is 0. The zero-order chi connectivity index (χ0) is 13.8. The summed E-state index contributed by atoms with van der Waals surface area (Å²) in [4.78, 5) is 7.15. The molecule has 1 aromatic heterocycles. The van der Waals surface area contributed by atoms with Crippen molar-refractivity contribution in [2.45, 2.75) is 24.5 Å². The monoisotopic (exact) mass is 305 g/mol. The van der Waals surface area contributed by atoms with E-state index in [1.807, 2.05) is 30.0 Å². The van der Waals surface area contributed by atoms with E-state index < -0.39 is 0 Å². The van der Waals surface area contributed by atoms with Gasteiger partial charge in [0.15, 0.2) is 5.82 Å². The number of benzene rings is 1. The maximum absolute atomic E-state index is 4.74. The molecule has 0 radical (unpaired) electrons. The van der Waals surface area contributed by atoms with Crippen LogP contribution in [-0.2, 0) is 0 Å². The number of anilines is 1. The molecule has 20 heavy (non-hydrogen) atoms. The quantitative estimate of drug-likeness (QED) is 0.859. The van der Waals surface area contributed by atoms with Gasteiger partial charge in [0.25, 0.3) is 0 Å². The normalized spacial score (nSPS) is 19.9. The number of hydrogen-bond acceptors (Lipinski definition) is 5. The van der Waals surface area contributed by atoms with Gasteiger partial charge in [-0.2, -0.15) is 21.1 Å². The lowest BCUT2D eigenvalue weighted by Gasteiger charge is -2.22. The van der Waals surface area contributed by atoms with Crippen LogP contribution in [0, 0.1) is 0 Å².